The molecule has 0 saturated carbocycles. The van der Waals surface area contributed by atoms with E-state index in [0.29, 0.717) is 5.75 Å². The van der Waals surface area contributed by atoms with Gasteiger partial charge in [-0.25, -0.2) is 19.9 Å². The van der Waals surface area contributed by atoms with Crippen LogP contribution in [0.4, 0.5) is 5.82 Å². The molecule has 3 aromatic heterocycles. The van der Waals surface area contributed by atoms with Gasteiger partial charge in [0.05, 0.1) is 7.11 Å². The third-order valence-corrected chi connectivity index (χ3v) is 6.34. The van der Waals surface area contributed by atoms with Crippen molar-refractivity contribution in [3.63, 3.8) is 0 Å². The number of para-hydroxylation sites is 2. The van der Waals surface area contributed by atoms with Gasteiger partial charge in [0.1, 0.15) is 0 Å². The van der Waals surface area contributed by atoms with Gasteiger partial charge in [0.15, 0.2) is 34.8 Å². The van der Waals surface area contributed by atoms with Gasteiger partial charge in [0.2, 0.25) is 11.6 Å². The van der Waals surface area contributed by atoms with Crippen LogP contribution in [-0.2, 0) is 10.0 Å². The summed E-state index contributed by atoms with van der Waals surface area (Å²) in [5.74, 6) is 2.67. The van der Waals surface area contributed by atoms with E-state index in [0.717, 1.165) is 5.56 Å². The molecule has 11 nitrogen and oxygen atoms in total. The molecule has 0 spiro atoms. The molecule has 0 unspecified atom stereocenters. The minimum atomic E-state index is -4.24. The van der Waals surface area contributed by atoms with Crippen LogP contribution in [0.25, 0.3) is 11.6 Å². The Kier molecular flexibility index (Phi) is 7.98. The maximum Gasteiger partial charge on any atom is 0.280 e. The normalized spacial score (nSPS) is 11.0. The van der Waals surface area contributed by atoms with E-state index in [9.17, 15) is 8.42 Å². The monoisotopic (exact) mass is 532 g/mol. The van der Waals surface area contributed by atoms with Crippen molar-refractivity contribution in [1.82, 2.24) is 24.9 Å². The van der Waals surface area contributed by atoms with Crippen molar-refractivity contribution in [2.45, 2.75) is 24.8 Å². The van der Waals surface area contributed by atoms with Crippen LogP contribution < -0.4 is 18.9 Å². The number of rotatable bonds is 10. The molecule has 0 bridgehead atoms. The molecule has 0 atom stereocenters. The molecule has 12 heteroatoms. The topological polar surface area (TPSA) is 138 Å². The second-order valence-electron chi connectivity index (χ2n) is 8.04. The standard InChI is InChI=1S/C26H24N6O5S/c1-5-15-36-26-22(37-20-10-7-6-9-19(20)35-4)23(30-25(31-26)24-28-12-8-13-29-24)32-38(33,34)21-16-18(17(2)3)11-14-27-21/h1,6-14,16-17H,15H2,2-4H3,(H,30,31,32). The highest BCUT2D eigenvalue weighted by molar-refractivity contribution is 7.92. The summed E-state index contributed by atoms with van der Waals surface area (Å²) in [7, 11) is -2.76. The fourth-order valence-corrected chi connectivity index (χ4v) is 4.23. The lowest BCUT2D eigenvalue weighted by atomic mass is 10.1. The number of terminal acetylenes is 1. The number of anilines is 1. The summed E-state index contributed by atoms with van der Waals surface area (Å²) in [5.41, 5.74) is 0.796. The lowest BCUT2D eigenvalue weighted by Crippen LogP contribution is -2.17. The lowest BCUT2D eigenvalue weighted by molar-refractivity contribution is 0.325. The van der Waals surface area contributed by atoms with Crippen LogP contribution in [0, 0.1) is 12.3 Å². The molecule has 0 fully saturated rings. The quantitative estimate of drug-likeness (QED) is 0.297. The van der Waals surface area contributed by atoms with Gasteiger partial charge in [0.25, 0.3) is 15.9 Å². The van der Waals surface area contributed by atoms with Gasteiger partial charge in [-0.1, -0.05) is 31.9 Å². The van der Waals surface area contributed by atoms with Crippen LogP contribution in [0.3, 0.4) is 0 Å². The summed E-state index contributed by atoms with van der Waals surface area (Å²) in [6.07, 6.45) is 9.83. The Hall–Kier alpha value is -4.76. The highest BCUT2D eigenvalue weighted by Crippen LogP contribution is 2.41. The number of hydrogen-bond acceptors (Lipinski definition) is 10. The largest absolute Gasteiger partial charge is 0.493 e. The van der Waals surface area contributed by atoms with Gasteiger partial charge in [-0.15, -0.1) is 6.42 Å². The summed E-state index contributed by atoms with van der Waals surface area (Å²) in [6, 6.07) is 11.6. The highest BCUT2D eigenvalue weighted by Gasteiger charge is 2.26. The van der Waals surface area contributed by atoms with E-state index in [1.54, 1.807) is 36.4 Å². The number of methoxy groups -OCH3 is 1. The van der Waals surface area contributed by atoms with Crippen molar-refractivity contribution >= 4 is 15.8 Å². The summed E-state index contributed by atoms with van der Waals surface area (Å²) < 4.78 is 46.5. The predicted molar refractivity (Wildman–Crippen MR) is 140 cm³/mol. The molecule has 0 amide bonds. The number of aromatic nitrogens is 5. The summed E-state index contributed by atoms with van der Waals surface area (Å²) >= 11 is 0. The maximum absolute atomic E-state index is 13.5. The molecule has 1 aromatic carbocycles. The van der Waals surface area contributed by atoms with Crippen molar-refractivity contribution in [2.24, 2.45) is 0 Å². The molecule has 0 radical (unpaired) electrons. The first-order valence-corrected chi connectivity index (χ1v) is 12.9. The SMILES string of the molecule is C#CCOc1nc(-c2ncccn2)nc(NS(=O)(=O)c2cc(C(C)C)ccn2)c1Oc1ccccc1OC. The van der Waals surface area contributed by atoms with Crippen molar-refractivity contribution in [2.75, 3.05) is 18.4 Å². The summed E-state index contributed by atoms with van der Waals surface area (Å²) in [6.45, 7) is 3.71. The summed E-state index contributed by atoms with van der Waals surface area (Å²) in [4.78, 5) is 21.1. The fraction of sp³-hybridized carbons (Fsp3) is 0.192. The van der Waals surface area contributed by atoms with E-state index in [4.69, 9.17) is 20.6 Å². The van der Waals surface area contributed by atoms with Gasteiger partial charge < -0.3 is 14.2 Å². The molecular weight excluding hydrogens is 508 g/mol. The molecule has 3 heterocycles. The van der Waals surface area contributed by atoms with Gasteiger partial charge >= 0.3 is 0 Å². The minimum Gasteiger partial charge on any atom is -0.493 e. The van der Waals surface area contributed by atoms with Gasteiger partial charge in [-0.2, -0.15) is 13.4 Å². The van der Waals surface area contributed by atoms with Crippen LogP contribution in [0.5, 0.6) is 23.1 Å². The summed E-state index contributed by atoms with van der Waals surface area (Å²) in [5, 5.41) is -0.200. The van der Waals surface area contributed by atoms with Crippen LogP contribution in [0.1, 0.15) is 25.3 Å². The van der Waals surface area contributed by atoms with Crippen LogP contribution in [0.2, 0.25) is 0 Å². The second-order valence-corrected chi connectivity index (χ2v) is 9.67. The van der Waals surface area contributed by atoms with Crippen molar-refractivity contribution in [3.05, 3.63) is 66.6 Å². The van der Waals surface area contributed by atoms with Crippen molar-refractivity contribution in [3.8, 4) is 47.1 Å². The predicted octanol–water partition coefficient (Wildman–Crippen LogP) is 4.07. The third-order valence-electron chi connectivity index (χ3n) is 5.11. The van der Waals surface area contributed by atoms with Crippen molar-refractivity contribution < 1.29 is 22.6 Å². The van der Waals surface area contributed by atoms with Gasteiger partial charge in [-0.3, -0.25) is 4.72 Å². The first kappa shape index (κ1) is 26.3. The zero-order valence-electron chi connectivity index (χ0n) is 20.8. The smallest absolute Gasteiger partial charge is 0.280 e. The van der Waals surface area contributed by atoms with Gasteiger partial charge in [0, 0.05) is 18.6 Å². The zero-order valence-corrected chi connectivity index (χ0v) is 21.6. The highest BCUT2D eigenvalue weighted by atomic mass is 32.2. The molecule has 0 saturated heterocycles. The first-order valence-electron chi connectivity index (χ1n) is 11.4. The number of benzene rings is 1. The number of pyridine rings is 1. The van der Waals surface area contributed by atoms with Crippen LogP contribution in [0.15, 0.2) is 66.1 Å². The molecule has 38 heavy (non-hydrogen) atoms. The van der Waals surface area contributed by atoms with Crippen LogP contribution >= 0.6 is 0 Å². The average molecular weight is 533 g/mol. The number of sulfonamides is 1. The Morgan fingerprint density at radius 3 is 2.39 bits per heavy atom. The Bertz CT molecular complexity index is 1570. The molecular formula is C26H24N6O5S. The number of nitrogens with one attached hydrogen (secondary N) is 1. The Morgan fingerprint density at radius 2 is 1.71 bits per heavy atom. The Labute approximate surface area is 220 Å². The maximum atomic E-state index is 13.5. The van der Waals surface area contributed by atoms with Crippen molar-refractivity contribution in [1.29, 1.82) is 0 Å². The third kappa shape index (κ3) is 5.96. The molecule has 0 aliphatic carbocycles. The number of hydrogen-bond donors (Lipinski definition) is 1. The molecule has 0 aliphatic heterocycles. The van der Waals surface area contributed by atoms with Gasteiger partial charge in [-0.05, 0) is 41.8 Å². The zero-order chi connectivity index (χ0) is 27.1. The molecule has 194 valence electrons. The minimum absolute atomic E-state index is 0.0217. The van der Waals surface area contributed by atoms with E-state index in [2.05, 4.69) is 35.6 Å². The van der Waals surface area contributed by atoms with E-state index < -0.39 is 10.0 Å². The van der Waals surface area contributed by atoms with E-state index in [1.165, 1.54) is 31.8 Å². The van der Waals surface area contributed by atoms with E-state index >= 15 is 0 Å². The average Bonchev–Trinajstić information content (AvgIpc) is 2.93. The molecule has 0 aliphatic rings. The van der Waals surface area contributed by atoms with Crippen LogP contribution in [-0.4, -0.2) is 47.1 Å². The number of ether oxygens (including phenoxy) is 3. The lowest BCUT2D eigenvalue weighted by Gasteiger charge is -2.17. The van der Waals surface area contributed by atoms with E-state index in [1.807, 2.05) is 13.8 Å². The molecule has 1 N–H and O–H groups in total. The second kappa shape index (κ2) is 11.5. The molecule has 4 rings (SSSR count). The number of nitrogens with zero attached hydrogens (tertiary/aromatic N) is 5. The fourth-order valence-electron chi connectivity index (χ4n) is 3.24. The molecule has 4 aromatic rings. The Morgan fingerprint density at radius 1 is 0.974 bits per heavy atom. The first-order chi connectivity index (χ1) is 18.3. The Balaban J connectivity index is 1.89. The van der Waals surface area contributed by atoms with E-state index in [-0.39, 0.29) is 52.4 Å².